The van der Waals surface area contributed by atoms with Gasteiger partial charge in [0.15, 0.2) is 0 Å². The second kappa shape index (κ2) is 7.98. The molecule has 162 valence electrons. The molecule has 1 fully saturated rings. The number of hydrogen-bond donors (Lipinski definition) is 2. The van der Waals surface area contributed by atoms with Gasteiger partial charge < -0.3 is 5.11 Å². The first-order valence-electron chi connectivity index (χ1n) is 9.29. The van der Waals surface area contributed by atoms with Gasteiger partial charge in [-0.25, -0.2) is 17.9 Å². The average Bonchev–Trinajstić information content (AvgIpc) is 3.04. The first kappa shape index (κ1) is 21.3. The number of nitrogens with two attached hydrogens (primary N) is 1. The van der Waals surface area contributed by atoms with Crippen LogP contribution in [0.1, 0.15) is 17.3 Å². The largest absolute Gasteiger partial charge is 0.507 e. The van der Waals surface area contributed by atoms with E-state index in [0.29, 0.717) is 5.69 Å². The summed E-state index contributed by atoms with van der Waals surface area (Å²) in [5.74, 6) is -2.91. The molecule has 4 rings (SSSR count). The zero-order valence-electron chi connectivity index (χ0n) is 16.3. The number of pyridine rings is 1. The minimum absolute atomic E-state index is 0.148. The first-order chi connectivity index (χ1) is 15.2. The van der Waals surface area contributed by atoms with Crippen molar-refractivity contribution >= 4 is 33.2 Å². The number of hydrogen-bond acceptors (Lipinski definition) is 6. The van der Waals surface area contributed by atoms with Crippen molar-refractivity contribution in [1.29, 1.82) is 0 Å². The predicted molar refractivity (Wildman–Crippen MR) is 113 cm³/mol. The van der Waals surface area contributed by atoms with E-state index < -0.39 is 39.3 Å². The molecule has 0 radical (unpaired) electrons. The molecule has 1 amide bonds. The van der Waals surface area contributed by atoms with Crippen LogP contribution in [0.15, 0.2) is 83.4 Å². The molecule has 1 atom stereocenters. The maximum atomic E-state index is 13.3. The van der Waals surface area contributed by atoms with Crippen LogP contribution in [-0.4, -0.2) is 30.2 Å². The number of benzene rings is 2. The molecule has 0 bridgehead atoms. The van der Waals surface area contributed by atoms with Crippen molar-refractivity contribution in [1.82, 2.24) is 4.98 Å². The fraction of sp³-hybridized carbons (Fsp3) is 0.0455. The number of primary sulfonamides is 1. The van der Waals surface area contributed by atoms with Crippen molar-refractivity contribution in [2.75, 3.05) is 4.90 Å². The van der Waals surface area contributed by atoms with Crippen molar-refractivity contribution in [3.63, 3.8) is 0 Å². The topological polar surface area (TPSA) is 131 Å². The molecule has 1 aromatic heterocycles. The van der Waals surface area contributed by atoms with E-state index >= 15 is 0 Å². The van der Waals surface area contributed by atoms with Crippen LogP contribution in [0.5, 0.6) is 0 Å². The molecule has 1 aliphatic heterocycles. The summed E-state index contributed by atoms with van der Waals surface area (Å²) in [6, 6.07) is 13.7. The lowest BCUT2D eigenvalue weighted by atomic mass is 9.98. The van der Waals surface area contributed by atoms with Crippen LogP contribution >= 0.6 is 0 Å². The Morgan fingerprint density at radius 1 is 1.00 bits per heavy atom. The summed E-state index contributed by atoms with van der Waals surface area (Å²) < 4.78 is 36.4. The van der Waals surface area contributed by atoms with E-state index in [1.807, 2.05) is 0 Å². The van der Waals surface area contributed by atoms with Gasteiger partial charge in [-0.3, -0.25) is 19.5 Å². The molecule has 0 spiro atoms. The number of aliphatic hydroxyl groups is 1. The van der Waals surface area contributed by atoms with Gasteiger partial charge in [0.05, 0.1) is 16.2 Å². The van der Waals surface area contributed by atoms with Crippen molar-refractivity contribution in [2.45, 2.75) is 10.9 Å². The molecule has 32 heavy (non-hydrogen) atoms. The van der Waals surface area contributed by atoms with Gasteiger partial charge in [-0.1, -0.05) is 6.07 Å². The summed E-state index contributed by atoms with van der Waals surface area (Å²) in [4.78, 5) is 31.1. The number of nitrogens with zero attached hydrogens (tertiary/aromatic N) is 2. The summed E-state index contributed by atoms with van der Waals surface area (Å²) >= 11 is 0. The number of Topliss-reactive ketones (excluding diaryl/α,β-unsaturated/α-hetero) is 1. The molecule has 2 aromatic carbocycles. The maximum Gasteiger partial charge on any atom is 0.300 e. The standard InChI is InChI=1S/C22H16FN3O5S/c23-14-6-4-13(5-7-14)20(27)18-19(17-3-1-2-12-25-17)26(22(29)21(18)28)15-8-10-16(11-9-15)32(24,30)31/h1-12,19,27H,(H2,24,30,31)/b20-18+. The summed E-state index contributed by atoms with van der Waals surface area (Å²) in [5.41, 5.74) is 0.421. The van der Waals surface area contributed by atoms with Crippen molar-refractivity contribution in [3.05, 3.63) is 95.6 Å². The van der Waals surface area contributed by atoms with Gasteiger partial charge in [0.1, 0.15) is 17.6 Å². The fourth-order valence-corrected chi connectivity index (χ4v) is 3.99. The Hall–Kier alpha value is -3.89. The molecule has 0 saturated carbocycles. The molecule has 10 heteroatoms. The minimum atomic E-state index is -3.96. The van der Waals surface area contributed by atoms with Gasteiger partial charge in [0, 0.05) is 17.4 Å². The van der Waals surface area contributed by atoms with Crippen LogP contribution in [0.3, 0.4) is 0 Å². The quantitative estimate of drug-likeness (QED) is 0.355. The Labute approximate surface area is 182 Å². The number of carbonyl (C=O) groups excluding carboxylic acids is 2. The van der Waals surface area contributed by atoms with Crippen LogP contribution < -0.4 is 10.0 Å². The average molecular weight is 453 g/mol. The van der Waals surface area contributed by atoms with E-state index in [2.05, 4.69) is 4.98 Å². The first-order valence-corrected chi connectivity index (χ1v) is 10.8. The van der Waals surface area contributed by atoms with E-state index in [9.17, 15) is 27.5 Å². The van der Waals surface area contributed by atoms with Gasteiger partial charge in [-0.05, 0) is 60.7 Å². The Morgan fingerprint density at radius 3 is 2.22 bits per heavy atom. The summed E-state index contributed by atoms with van der Waals surface area (Å²) in [7, 11) is -3.96. The van der Waals surface area contributed by atoms with E-state index in [-0.39, 0.29) is 21.7 Å². The molecule has 8 nitrogen and oxygen atoms in total. The third-order valence-corrected chi connectivity index (χ3v) is 5.90. The van der Waals surface area contributed by atoms with E-state index in [4.69, 9.17) is 5.14 Å². The zero-order valence-corrected chi connectivity index (χ0v) is 17.2. The van der Waals surface area contributed by atoms with Gasteiger partial charge >= 0.3 is 0 Å². The van der Waals surface area contributed by atoms with E-state index in [1.165, 1.54) is 42.6 Å². The lowest BCUT2D eigenvalue weighted by molar-refractivity contribution is -0.132. The normalized spacial score (nSPS) is 18.2. The molecule has 2 heterocycles. The Kier molecular flexibility index (Phi) is 5.33. The number of aromatic nitrogens is 1. The van der Waals surface area contributed by atoms with Crippen molar-refractivity contribution in [3.8, 4) is 0 Å². The second-order valence-corrected chi connectivity index (χ2v) is 8.53. The highest BCUT2D eigenvalue weighted by molar-refractivity contribution is 7.89. The second-order valence-electron chi connectivity index (χ2n) is 6.97. The summed E-state index contributed by atoms with van der Waals surface area (Å²) in [5, 5.41) is 16.0. The molecule has 3 aromatic rings. The molecule has 0 aliphatic carbocycles. The van der Waals surface area contributed by atoms with Crippen LogP contribution in [0.4, 0.5) is 10.1 Å². The monoisotopic (exact) mass is 453 g/mol. The van der Waals surface area contributed by atoms with Crippen molar-refractivity contribution < 1.29 is 27.5 Å². The number of aliphatic hydroxyl groups excluding tert-OH is 1. The summed E-state index contributed by atoms with van der Waals surface area (Å²) in [6.07, 6.45) is 1.47. The van der Waals surface area contributed by atoms with Crippen LogP contribution in [0.25, 0.3) is 5.76 Å². The smallest absolute Gasteiger partial charge is 0.300 e. The predicted octanol–water partition coefficient (Wildman–Crippen LogP) is 2.49. The van der Waals surface area contributed by atoms with Crippen LogP contribution in [-0.2, 0) is 19.6 Å². The van der Waals surface area contributed by atoms with Gasteiger partial charge in [-0.2, -0.15) is 0 Å². The Morgan fingerprint density at radius 2 is 1.66 bits per heavy atom. The molecular weight excluding hydrogens is 437 g/mol. The van der Waals surface area contributed by atoms with Crippen LogP contribution in [0, 0.1) is 5.82 Å². The van der Waals surface area contributed by atoms with Gasteiger partial charge in [-0.15, -0.1) is 0 Å². The number of halogens is 1. The Balaban J connectivity index is 1.90. The molecule has 1 aliphatic rings. The van der Waals surface area contributed by atoms with Crippen molar-refractivity contribution in [2.24, 2.45) is 5.14 Å². The zero-order chi connectivity index (χ0) is 23.0. The molecule has 3 N–H and O–H groups in total. The third-order valence-electron chi connectivity index (χ3n) is 4.97. The number of rotatable bonds is 4. The third kappa shape index (κ3) is 3.77. The SMILES string of the molecule is NS(=O)(=O)c1ccc(N2C(=O)C(=O)/C(=C(/O)c3ccc(F)cc3)C2c2ccccn2)cc1. The van der Waals surface area contributed by atoms with Gasteiger partial charge in [0.25, 0.3) is 11.7 Å². The number of sulfonamides is 1. The lowest BCUT2D eigenvalue weighted by Crippen LogP contribution is -2.29. The lowest BCUT2D eigenvalue weighted by Gasteiger charge is -2.24. The van der Waals surface area contributed by atoms with Crippen LogP contribution in [0.2, 0.25) is 0 Å². The maximum absolute atomic E-state index is 13.3. The molecule has 1 saturated heterocycles. The highest BCUT2D eigenvalue weighted by Crippen LogP contribution is 2.41. The number of amides is 1. The minimum Gasteiger partial charge on any atom is -0.507 e. The van der Waals surface area contributed by atoms with E-state index in [1.54, 1.807) is 18.2 Å². The molecule has 1 unspecified atom stereocenters. The number of carbonyl (C=O) groups is 2. The fourth-order valence-electron chi connectivity index (χ4n) is 3.48. The molecular formula is C22H16FN3O5S. The number of anilines is 1. The van der Waals surface area contributed by atoms with E-state index in [0.717, 1.165) is 17.0 Å². The van der Waals surface area contributed by atoms with Gasteiger partial charge in [0.2, 0.25) is 10.0 Å². The highest BCUT2D eigenvalue weighted by atomic mass is 32.2. The summed E-state index contributed by atoms with van der Waals surface area (Å²) in [6.45, 7) is 0. The highest BCUT2D eigenvalue weighted by Gasteiger charge is 2.47. The number of ketones is 1. The Bertz CT molecular complexity index is 1340.